The SMILES string of the molecule is C/C(=C\CN(C)C(=O)C(NC(=O)C1CCCCN1C(C)C)C(C)C)C(=O)N1CCCCC1.CCC. The number of piperidine rings is 2. The van der Waals surface area contributed by atoms with E-state index >= 15 is 0 Å². The molecule has 0 aromatic heterocycles. The fraction of sp³-hybridized carbons (Fsp3) is 0.821. The van der Waals surface area contributed by atoms with Crippen LogP contribution in [-0.2, 0) is 14.4 Å². The molecule has 3 amide bonds. The molecular formula is C28H52N4O3. The predicted molar refractivity (Wildman–Crippen MR) is 144 cm³/mol. The van der Waals surface area contributed by atoms with Crippen LogP contribution in [0.15, 0.2) is 11.6 Å². The Morgan fingerprint density at radius 3 is 2.09 bits per heavy atom. The highest BCUT2D eigenvalue weighted by Gasteiger charge is 2.34. The highest BCUT2D eigenvalue weighted by Crippen LogP contribution is 2.20. The van der Waals surface area contributed by atoms with E-state index in [-0.39, 0.29) is 29.7 Å². The van der Waals surface area contributed by atoms with Crippen molar-refractivity contribution in [2.75, 3.05) is 33.2 Å². The molecule has 0 radical (unpaired) electrons. The van der Waals surface area contributed by atoms with Crippen LogP contribution in [0.2, 0.25) is 0 Å². The van der Waals surface area contributed by atoms with Gasteiger partial charge in [-0.05, 0) is 65.3 Å². The molecule has 2 aliphatic rings. The first-order valence-electron chi connectivity index (χ1n) is 13.8. The van der Waals surface area contributed by atoms with Crippen LogP contribution in [-0.4, -0.2) is 83.8 Å². The monoisotopic (exact) mass is 492 g/mol. The summed E-state index contributed by atoms with van der Waals surface area (Å²) >= 11 is 0. The summed E-state index contributed by atoms with van der Waals surface area (Å²) in [7, 11) is 1.74. The van der Waals surface area contributed by atoms with Crippen LogP contribution >= 0.6 is 0 Å². The quantitative estimate of drug-likeness (QED) is 0.515. The van der Waals surface area contributed by atoms with Crippen LogP contribution in [0.5, 0.6) is 0 Å². The van der Waals surface area contributed by atoms with Gasteiger partial charge in [0.05, 0.1) is 6.04 Å². The first kappa shape index (κ1) is 31.1. The Balaban J connectivity index is 0.00000194. The largest absolute Gasteiger partial charge is 0.343 e. The maximum Gasteiger partial charge on any atom is 0.249 e. The molecule has 2 fully saturated rings. The Morgan fingerprint density at radius 1 is 0.971 bits per heavy atom. The highest BCUT2D eigenvalue weighted by molar-refractivity contribution is 5.93. The van der Waals surface area contributed by atoms with Crippen molar-refractivity contribution in [1.82, 2.24) is 20.0 Å². The molecule has 7 heteroatoms. The molecule has 1 N–H and O–H groups in total. The fourth-order valence-corrected chi connectivity index (χ4v) is 4.65. The van der Waals surface area contributed by atoms with Gasteiger partial charge in [-0.3, -0.25) is 19.3 Å². The van der Waals surface area contributed by atoms with E-state index < -0.39 is 6.04 Å². The van der Waals surface area contributed by atoms with Gasteiger partial charge in [0.25, 0.3) is 0 Å². The number of nitrogens with zero attached hydrogens (tertiary/aromatic N) is 3. The summed E-state index contributed by atoms with van der Waals surface area (Å²) in [6.07, 6.45) is 9.36. The third-order valence-electron chi connectivity index (χ3n) is 6.77. The Bertz CT molecular complexity index is 698. The van der Waals surface area contributed by atoms with Gasteiger partial charge in [0.2, 0.25) is 17.7 Å². The lowest BCUT2D eigenvalue weighted by molar-refractivity contribution is -0.138. The van der Waals surface area contributed by atoms with Gasteiger partial charge in [0.1, 0.15) is 6.04 Å². The second-order valence-electron chi connectivity index (χ2n) is 10.7. The van der Waals surface area contributed by atoms with Crippen LogP contribution in [0.25, 0.3) is 0 Å². The van der Waals surface area contributed by atoms with Gasteiger partial charge < -0.3 is 15.1 Å². The van der Waals surface area contributed by atoms with Crippen LogP contribution in [0, 0.1) is 5.92 Å². The molecule has 7 nitrogen and oxygen atoms in total. The molecule has 0 aromatic carbocycles. The van der Waals surface area contributed by atoms with Crippen molar-refractivity contribution >= 4 is 17.7 Å². The molecule has 202 valence electrons. The molecule has 2 heterocycles. The van der Waals surface area contributed by atoms with Crippen molar-refractivity contribution in [3.05, 3.63) is 11.6 Å². The van der Waals surface area contributed by atoms with E-state index in [2.05, 4.69) is 37.9 Å². The normalized spacial score (nSPS) is 20.2. The molecule has 0 bridgehead atoms. The summed E-state index contributed by atoms with van der Waals surface area (Å²) < 4.78 is 0. The molecule has 0 aromatic rings. The topological polar surface area (TPSA) is 73.0 Å². The fourth-order valence-electron chi connectivity index (χ4n) is 4.65. The number of amides is 3. The van der Waals surface area contributed by atoms with E-state index in [9.17, 15) is 14.4 Å². The lowest BCUT2D eigenvalue weighted by atomic mass is 9.97. The average molecular weight is 493 g/mol. The zero-order chi connectivity index (χ0) is 26.5. The van der Waals surface area contributed by atoms with Crippen LogP contribution in [0.3, 0.4) is 0 Å². The van der Waals surface area contributed by atoms with Crippen LogP contribution in [0.4, 0.5) is 0 Å². The van der Waals surface area contributed by atoms with Crippen molar-refractivity contribution in [2.24, 2.45) is 5.92 Å². The summed E-state index contributed by atoms with van der Waals surface area (Å²) in [4.78, 5) is 44.6. The maximum absolute atomic E-state index is 13.2. The zero-order valence-corrected chi connectivity index (χ0v) is 23.7. The van der Waals surface area contributed by atoms with E-state index in [0.29, 0.717) is 18.2 Å². The summed E-state index contributed by atoms with van der Waals surface area (Å²) in [6.45, 7) is 17.1. The van der Waals surface area contributed by atoms with Crippen molar-refractivity contribution in [2.45, 2.75) is 112 Å². The van der Waals surface area contributed by atoms with Gasteiger partial charge in [-0.2, -0.15) is 0 Å². The molecule has 0 aliphatic carbocycles. The van der Waals surface area contributed by atoms with Gasteiger partial charge in [-0.1, -0.05) is 46.6 Å². The molecule has 0 spiro atoms. The second kappa shape index (κ2) is 16.0. The lowest BCUT2D eigenvalue weighted by Gasteiger charge is -2.38. The number of rotatable bonds is 8. The minimum Gasteiger partial charge on any atom is -0.343 e. The number of nitrogens with one attached hydrogen (secondary N) is 1. The molecule has 2 atom stereocenters. The average Bonchev–Trinajstić information content (AvgIpc) is 2.85. The molecule has 2 aliphatic heterocycles. The number of carbonyl (C=O) groups is 3. The standard InChI is InChI=1S/C25H44N4O3.C3H8/c1-18(2)22(26-23(30)21-12-8-11-16-29(21)19(3)4)25(32)27(6)17-13-20(5)24(31)28-14-9-7-10-15-28;1-3-2/h13,18-19,21-22H,7-12,14-17H2,1-6H3,(H,26,30);3H2,1-2H3/b20-13+;. The van der Waals surface area contributed by atoms with Crippen molar-refractivity contribution in [1.29, 1.82) is 0 Å². The summed E-state index contributed by atoms with van der Waals surface area (Å²) in [6, 6.07) is -0.449. The molecule has 2 saturated heterocycles. The number of likely N-dealkylation sites (tertiary alicyclic amines) is 2. The molecule has 2 rings (SSSR count). The second-order valence-corrected chi connectivity index (χ2v) is 10.7. The molecule has 2 unspecified atom stereocenters. The lowest BCUT2D eigenvalue weighted by Crippen LogP contribution is -2.57. The van der Waals surface area contributed by atoms with E-state index in [4.69, 9.17) is 0 Å². The third-order valence-corrected chi connectivity index (χ3v) is 6.77. The van der Waals surface area contributed by atoms with Gasteiger partial charge in [0, 0.05) is 38.3 Å². The Morgan fingerprint density at radius 2 is 1.54 bits per heavy atom. The van der Waals surface area contributed by atoms with Crippen LogP contribution < -0.4 is 5.32 Å². The van der Waals surface area contributed by atoms with E-state index in [1.165, 1.54) is 12.8 Å². The van der Waals surface area contributed by atoms with E-state index in [1.807, 2.05) is 31.7 Å². The number of hydrogen-bond acceptors (Lipinski definition) is 4. The highest BCUT2D eigenvalue weighted by atomic mass is 16.2. The van der Waals surface area contributed by atoms with Crippen LogP contribution in [0.1, 0.15) is 93.4 Å². The first-order chi connectivity index (χ1) is 16.5. The third kappa shape index (κ3) is 9.94. The van der Waals surface area contributed by atoms with Gasteiger partial charge >= 0.3 is 0 Å². The molecule has 35 heavy (non-hydrogen) atoms. The molecule has 0 saturated carbocycles. The maximum atomic E-state index is 13.2. The minimum atomic E-state index is -0.574. The predicted octanol–water partition coefficient (Wildman–Crippen LogP) is 4.22. The van der Waals surface area contributed by atoms with Crippen molar-refractivity contribution in [3.63, 3.8) is 0 Å². The Labute approximate surface area is 214 Å². The number of likely N-dealkylation sites (N-methyl/N-ethyl adjacent to an activating group) is 1. The van der Waals surface area contributed by atoms with Gasteiger partial charge in [-0.15, -0.1) is 0 Å². The Hall–Kier alpha value is -1.89. The van der Waals surface area contributed by atoms with Gasteiger partial charge in [-0.25, -0.2) is 0 Å². The molecular weight excluding hydrogens is 440 g/mol. The number of hydrogen-bond donors (Lipinski definition) is 1. The minimum absolute atomic E-state index is 0.0231. The smallest absolute Gasteiger partial charge is 0.249 e. The van der Waals surface area contributed by atoms with E-state index in [1.54, 1.807) is 11.9 Å². The van der Waals surface area contributed by atoms with E-state index in [0.717, 1.165) is 51.7 Å². The zero-order valence-electron chi connectivity index (χ0n) is 23.7. The summed E-state index contributed by atoms with van der Waals surface area (Å²) in [5.74, 6) is -0.129. The summed E-state index contributed by atoms with van der Waals surface area (Å²) in [5, 5.41) is 3.05. The first-order valence-corrected chi connectivity index (χ1v) is 13.8. The number of carbonyl (C=O) groups excluding carboxylic acids is 3. The van der Waals surface area contributed by atoms with Crippen molar-refractivity contribution < 1.29 is 14.4 Å². The van der Waals surface area contributed by atoms with Gasteiger partial charge in [0.15, 0.2) is 0 Å². The van der Waals surface area contributed by atoms with Crippen molar-refractivity contribution in [3.8, 4) is 0 Å². The summed E-state index contributed by atoms with van der Waals surface area (Å²) in [5.41, 5.74) is 0.673. The Kier molecular flexibility index (Phi) is 14.2.